The van der Waals surface area contributed by atoms with E-state index >= 15 is 0 Å². The van der Waals surface area contributed by atoms with Crippen molar-refractivity contribution < 1.29 is 4.79 Å². The van der Waals surface area contributed by atoms with Crippen molar-refractivity contribution in [1.29, 1.82) is 0 Å². The third kappa shape index (κ3) is 1.74. The van der Waals surface area contributed by atoms with Gasteiger partial charge >= 0.3 is 0 Å². The Morgan fingerprint density at radius 1 is 1.19 bits per heavy atom. The van der Waals surface area contributed by atoms with Crippen LogP contribution in [0.5, 0.6) is 0 Å². The van der Waals surface area contributed by atoms with Crippen molar-refractivity contribution >= 4 is 5.91 Å². The normalized spacial score (nSPS) is 39.3. The number of fused-ring (bicyclic) bond motifs is 2. The largest absolute Gasteiger partial charge is 0.340 e. The molecule has 2 bridgehead atoms. The molecule has 4 heteroatoms. The fraction of sp³-hybridized carbons (Fsp3) is 0.917. The smallest absolute Gasteiger partial charge is 0.227 e. The minimum atomic E-state index is 0.280. The predicted molar refractivity (Wildman–Crippen MR) is 62.1 cm³/mol. The van der Waals surface area contributed by atoms with E-state index in [0.717, 1.165) is 32.6 Å². The third-order valence-corrected chi connectivity index (χ3v) is 4.43. The molecule has 3 atom stereocenters. The second-order valence-corrected chi connectivity index (χ2v) is 5.52. The minimum Gasteiger partial charge on any atom is -0.340 e. The maximum absolute atomic E-state index is 12.4. The van der Waals surface area contributed by atoms with Gasteiger partial charge in [-0.15, -0.1) is 0 Å². The van der Waals surface area contributed by atoms with Crippen molar-refractivity contribution in [3.8, 4) is 0 Å². The van der Waals surface area contributed by atoms with Crippen LogP contribution in [-0.2, 0) is 4.79 Å². The minimum absolute atomic E-state index is 0.280. The molecule has 0 radical (unpaired) electrons. The van der Waals surface area contributed by atoms with Crippen molar-refractivity contribution in [1.82, 2.24) is 15.1 Å². The van der Waals surface area contributed by atoms with Gasteiger partial charge in [0, 0.05) is 38.3 Å². The van der Waals surface area contributed by atoms with E-state index in [1.165, 1.54) is 12.8 Å². The van der Waals surface area contributed by atoms with E-state index in [0.29, 0.717) is 18.0 Å². The second kappa shape index (κ2) is 4.00. The van der Waals surface area contributed by atoms with Crippen molar-refractivity contribution in [2.45, 2.75) is 31.3 Å². The summed E-state index contributed by atoms with van der Waals surface area (Å²) in [5, 5.41) is 3.55. The molecule has 3 rings (SSSR count). The Balaban J connectivity index is 1.61. The molecule has 0 aromatic rings. The molecule has 16 heavy (non-hydrogen) atoms. The molecular formula is C12H21N3O. The number of nitrogens with zero attached hydrogens (tertiary/aromatic N) is 2. The summed E-state index contributed by atoms with van der Waals surface area (Å²) in [4.78, 5) is 16.7. The molecule has 3 unspecified atom stereocenters. The molecule has 3 fully saturated rings. The number of hydrogen-bond acceptors (Lipinski definition) is 3. The lowest BCUT2D eigenvalue weighted by atomic mass is 9.88. The zero-order valence-corrected chi connectivity index (χ0v) is 9.98. The van der Waals surface area contributed by atoms with E-state index in [9.17, 15) is 4.79 Å². The van der Waals surface area contributed by atoms with Gasteiger partial charge in [-0.25, -0.2) is 0 Å². The first-order valence-corrected chi connectivity index (χ1v) is 6.47. The highest BCUT2D eigenvalue weighted by Gasteiger charge is 2.44. The molecule has 0 aliphatic carbocycles. The van der Waals surface area contributed by atoms with Crippen LogP contribution in [0, 0.1) is 5.92 Å². The monoisotopic (exact) mass is 223 g/mol. The molecular weight excluding hydrogens is 202 g/mol. The first-order valence-electron chi connectivity index (χ1n) is 6.47. The molecule has 0 saturated carbocycles. The van der Waals surface area contributed by atoms with Gasteiger partial charge in [-0.05, 0) is 26.3 Å². The molecule has 0 aromatic carbocycles. The number of piperazine rings is 1. The number of carbonyl (C=O) groups is 1. The second-order valence-electron chi connectivity index (χ2n) is 5.52. The summed E-state index contributed by atoms with van der Waals surface area (Å²) < 4.78 is 0. The van der Waals surface area contributed by atoms with Crippen molar-refractivity contribution in [3.63, 3.8) is 0 Å². The molecule has 4 nitrogen and oxygen atoms in total. The van der Waals surface area contributed by atoms with Crippen LogP contribution < -0.4 is 5.32 Å². The van der Waals surface area contributed by atoms with E-state index in [-0.39, 0.29) is 5.92 Å². The van der Waals surface area contributed by atoms with Gasteiger partial charge in [0.25, 0.3) is 0 Å². The molecule has 0 spiro atoms. The number of likely N-dealkylation sites (N-methyl/N-ethyl adjacent to an activating group) is 1. The van der Waals surface area contributed by atoms with Crippen molar-refractivity contribution in [2.75, 3.05) is 33.2 Å². The predicted octanol–water partition coefficient (Wildman–Crippen LogP) is -0.0991. The van der Waals surface area contributed by atoms with Crippen LogP contribution in [0.1, 0.15) is 19.3 Å². The van der Waals surface area contributed by atoms with Crippen molar-refractivity contribution in [2.24, 2.45) is 5.92 Å². The standard InChI is InChI=1S/C12H21N3O/c1-14-4-6-15(7-5-14)12(16)10-8-9-2-3-11(10)13-9/h9-11,13H,2-8H2,1H3. The summed E-state index contributed by atoms with van der Waals surface area (Å²) in [5.41, 5.74) is 0. The Kier molecular flexibility index (Phi) is 2.64. The molecule has 90 valence electrons. The topological polar surface area (TPSA) is 35.6 Å². The lowest BCUT2D eigenvalue weighted by Crippen LogP contribution is -2.50. The van der Waals surface area contributed by atoms with E-state index in [4.69, 9.17) is 0 Å². The molecule has 1 amide bonds. The quantitative estimate of drug-likeness (QED) is 0.674. The molecule has 3 aliphatic rings. The van der Waals surface area contributed by atoms with Crippen LogP contribution in [-0.4, -0.2) is 61.0 Å². The fourth-order valence-electron chi connectivity index (χ4n) is 3.36. The van der Waals surface area contributed by atoms with Gasteiger partial charge < -0.3 is 15.1 Å². The van der Waals surface area contributed by atoms with Gasteiger partial charge in [-0.2, -0.15) is 0 Å². The SMILES string of the molecule is CN1CCN(C(=O)C2CC3CCC2N3)CC1. The number of nitrogens with one attached hydrogen (secondary N) is 1. The number of hydrogen-bond donors (Lipinski definition) is 1. The lowest BCUT2D eigenvalue weighted by molar-refractivity contribution is -0.137. The van der Waals surface area contributed by atoms with Gasteiger partial charge in [0.2, 0.25) is 5.91 Å². The summed E-state index contributed by atoms with van der Waals surface area (Å²) in [6.07, 6.45) is 3.56. The molecule has 3 saturated heterocycles. The molecule has 1 N–H and O–H groups in total. The van der Waals surface area contributed by atoms with E-state index < -0.39 is 0 Å². The van der Waals surface area contributed by atoms with Gasteiger partial charge in [-0.1, -0.05) is 0 Å². The van der Waals surface area contributed by atoms with E-state index in [2.05, 4.69) is 22.2 Å². The third-order valence-electron chi connectivity index (χ3n) is 4.43. The molecule has 3 aliphatic heterocycles. The summed E-state index contributed by atoms with van der Waals surface area (Å²) >= 11 is 0. The average molecular weight is 223 g/mol. The number of carbonyl (C=O) groups excluding carboxylic acids is 1. The number of rotatable bonds is 1. The average Bonchev–Trinajstić information content (AvgIpc) is 2.91. The fourth-order valence-corrected chi connectivity index (χ4v) is 3.36. The first-order chi connectivity index (χ1) is 7.74. The summed E-state index contributed by atoms with van der Waals surface area (Å²) in [6, 6.07) is 1.11. The zero-order chi connectivity index (χ0) is 11.1. The van der Waals surface area contributed by atoms with Gasteiger partial charge in [0.1, 0.15) is 0 Å². The van der Waals surface area contributed by atoms with Crippen LogP contribution in [0.15, 0.2) is 0 Å². The van der Waals surface area contributed by atoms with Crippen molar-refractivity contribution in [3.05, 3.63) is 0 Å². The van der Waals surface area contributed by atoms with Crippen LogP contribution in [0.2, 0.25) is 0 Å². The highest BCUT2D eigenvalue weighted by atomic mass is 16.2. The Labute approximate surface area is 97.0 Å². The zero-order valence-electron chi connectivity index (χ0n) is 9.98. The highest BCUT2D eigenvalue weighted by Crippen LogP contribution is 2.34. The van der Waals surface area contributed by atoms with Gasteiger partial charge in [0.15, 0.2) is 0 Å². The van der Waals surface area contributed by atoms with Crippen LogP contribution >= 0.6 is 0 Å². The maximum atomic E-state index is 12.4. The lowest BCUT2D eigenvalue weighted by Gasteiger charge is -2.35. The van der Waals surface area contributed by atoms with Crippen LogP contribution in [0.25, 0.3) is 0 Å². The summed E-state index contributed by atoms with van der Waals surface area (Å²) in [6.45, 7) is 3.90. The van der Waals surface area contributed by atoms with E-state index in [1.54, 1.807) is 0 Å². The van der Waals surface area contributed by atoms with Gasteiger partial charge in [0.05, 0.1) is 5.92 Å². The summed E-state index contributed by atoms with van der Waals surface area (Å²) in [5.74, 6) is 0.690. The Morgan fingerprint density at radius 2 is 1.94 bits per heavy atom. The Bertz CT molecular complexity index is 286. The first kappa shape index (κ1) is 10.5. The summed E-state index contributed by atoms with van der Waals surface area (Å²) in [7, 11) is 2.13. The Hall–Kier alpha value is -0.610. The molecule has 0 aromatic heterocycles. The van der Waals surface area contributed by atoms with Gasteiger partial charge in [-0.3, -0.25) is 4.79 Å². The van der Waals surface area contributed by atoms with Crippen LogP contribution in [0.4, 0.5) is 0 Å². The Morgan fingerprint density at radius 3 is 2.50 bits per heavy atom. The van der Waals surface area contributed by atoms with E-state index in [1.807, 2.05) is 0 Å². The highest BCUT2D eigenvalue weighted by molar-refractivity contribution is 5.80. The number of amides is 1. The maximum Gasteiger partial charge on any atom is 0.227 e. The van der Waals surface area contributed by atoms with Crippen LogP contribution in [0.3, 0.4) is 0 Å². The molecule has 3 heterocycles.